The maximum atomic E-state index is 14.3. The maximum absolute atomic E-state index is 14.3. The number of anilines is 1. The summed E-state index contributed by atoms with van der Waals surface area (Å²) in [7, 11) is 3.21. The lowest BCUT2D eigenvalue weighted by Gasteiger charge is -2.31. The number of ether oxygens (including phenoxy) is 3. The smallest absolute Gasteiger partial charge is 0.323 e. The number of amides is 2. The molecule has 1 atom stereocenters. The summed E-state index contributed by atoms with van der Waals surface area (Å²) in [5.41, 5.74) is 5.33. The molecule has 2 aromatic heterocycles. The van der Waals surface area contributed by atoms with Crippen LogP contribution in [0.4, 0.5) is 10.5 Å². The lowest BCUT2D eigenvalue weighted by Crippen LogP contribution is -2.38. The Hall–Kier alpha value is -3.91. The van der Waals surface area contributed by atoms with Gasteiger partial charge in [0.1, 0.15) is 22.2 Å². The first-order valence-corrected chi connectivity index (χ1v) is 14.3. The number of nitrogens with zero attached hydrogens (tertiary/aromatic N) is 2. The predicted molar refractivity (Wildman–Crippen MR) is 154 cm³/mol. The molecule has 0 saturated carbocycles. The van der Waals surface area contributed by atoms with Gasteiger partial charge >= 0.3 is 6.03 Å². The highest BCUT2D eigenvalue weighted by atomic mass is 32.1. The van der Waals surface area contributed by atoms with Gasteiger partial charge in [-0.25, -0.2) is 4.79 Å². The zero-order valence-corrected chi connectivity index (χ0v) is 23.3. The molecule has 2 aromatic carbocycles. The molecule has 7 nitrogen and oxygen atoms in total. The third-order valence-corrected chi connectivity index (χ3v) is 8.93. The molecule has 1 aliphatic heterocycles. The number of hydrogen-bond donors (Lipinski definition) is 1. The molecule has 2 amide bonds. The summed E-state index contributed by atoms with van der Waals surface area (Å²) in [5, 5.41) is 4.37. The minimum atomic E-state index is -0.300. The van der Waals surface area contributed by atoms with Crippen molar-refractivity contribution in [1.82, 2.24) is 9.47 Å². The zero-order chi connectivity index (χ0) is 26.9. The number of rotatable bonds is 6. The van der Waals surface area contributed by atoms with E-state index in [2.05, 4.69) is 40.3 Å². The monoisotopic (exact) mass is 543 g/mol. The van der Waals surface area contributed by atoms with Crippen LogP contribution in [0.25, 0.3) is 5.00 Å². The van der Waals surface area contributed by atoms with Crippen LogP contribution in [0.2, 0.25) is 0 Å². The Kier molecular flexibility index (Phi) is 6.95. The van der Waals surface area contributed by atoms with Crippen molar-refractivity contribution in [2.45, 2.75) is 45.2 Å². The van der Waals surface area contributed by atoms with E-state index in [4.69, 9.17) is 14.2 Å². The molecule has 0 bridgehead atoms. The van der Waals surface area contributed by atoms with Crippen LogP contribution >= 0.6 is 11.3 Å². The number of carbonyl (C=O) groups is 1. The van der Waals surface area contributed by atoms with Crippen LogP contribution in [0.3, 0.4) is 0 Å². The maximum Gasteiger partial charge on any atom is 0.323 e. The number of hydrogen-bond acceptors (Lipinski definition) is 5. The zero-order valence-electron chi connectivity index (χ0n) is 22.5. The Bertz CT molecular complexity index is 1490. The first-order valence-electron chi connectivity index (χ1n) is 13.4. The molecule has 1 aliphatic carbocycles. The van der Waals surface area contributed by atoms with Crippen LogP contribution in [-0.2, 0) is 19.4 Å². The van der Waals surface area contributed by atoms with Crippen molar-refractivity contribution in [2.24, 2.45) is 0 Å². The normalized spacial score (nSPS) is 16.0. The highest BCUT2D eigenvalue weighted by molar-refractivity contribution is 7.15. The lowest BCUT2D eigenvalue weighted by atomic mass is 9.95. The predicted octanol–water partition coefficient (Wildman–Crippen LogP) is 6.97. The van der Waals surface area contributed by atoms with Gasteiger partial charge in [-0.3, -0.25) is 0 Å². The van der Waals surface area contributed by atoms with E-state index in [0.29, 0.717) is 30.3 Å². The number of aromatic nitrogens is 1. The molecule has 3 heterocycles. The number of nitrogens with one attached hydrogen (secondary N) is 1. The van der Waals surface area contributed by atoms with Crippen molar-refractivity contribution < 1.29 is 19.0 Å². The SMILES string of the molecule is CCOc1ccc(C2c3cccn3-c3sc4c(c3CN2C(=O)Nc2cc(OC)ccc2OC)CCCC4)cc1. The van der Waals surface area contributed by atoms with Gasteiger partial charge in [0.25, 0.3) is 0 Å². The van der Waals surface area contributed by atoms with Crippen LogP contribution < -0.4 is 19.5 Å². The van der Waals surface area contributed by atoms with Crippen molar-refractivity contribution in [2.75, 3.05) is 26.1 Å². The van der Waals surface area contributed by atoms with Gasteiger partial charge in [0.2, 0.25) is 0 Å². The van der Waals surface area contributed by atoms with Gasteiger partial charge in [0.05, 0.1) is 44.8 Å². The minimum absolute atomic E-state index is 0.197. The largest absolute Gasteiger partial charge is 0.497 e. The van der Waals surface area contributed by atoms with Crippen molar-refractivity contribution in [3.8, 4) is 22.2 Å². The highest BCUT2D eigenvalue weighted by Crippen LogP contribution is 2.44. The highest BCUT2D eigenvalue weighted by Gasteiger charge is 2.36. The van der Waals surface area contributed by atoms with Crippen LogP contribution in [-0.4, -0.2) is 36.3 Å². The molecule has 1 unspecified atom stereocenters. The van der Waals surface area contributed by atoms with Crippen molar-refractivity contribution in [1.29, 1.82) is 0 Å². The average molecular weight is 544 g/mol. The van der Waals surface area contributed by atoms with E-state index in [9.17, 15) is 4.79 Å². The van der Waals surface area contributed by atoms with E-state index in [-0.39, 0.29) is 12.1 Å². The summed E-state index contributed by atoms with van der Waals surface area (Å²) in [4.78, 5) is 17.7. The second-order valence-electron chi connectivity index (χ2n) is 9.83. The second kappa shape index (κ2) is 10.7. The first kappa shape index (κ1) is 25.4. The van der Waals surface area contributed by atoms with E-state index in [1.54, 1.807) is 26.4 Å². The summed E-state index contributed by atoms with van der Waals surface area (Å²) < 4.78 is 19.0. The van der Waals surface area contributed by atoms with Crippen LogP contribution in [0, 0.1) is 0 Å². The molecular weight excluding hydrogens is 510 g/mol. The Balaban J connectivity index is 1.47. The standard InChI is InChI=1S/C31H33N3O4S/c1-4-38-21-13-11-20(12-14-21)29-26-9-7-17-33(26)30-24(23-8-5-6-10-28(23)39-30)19-34(29)31(35)32-25-18-22(36-2)15-16-27(25)37-3/h7,9,11-18,29H,4-6,8,10,19H2,1-3H3,(H,32,35). The Morgan fingerprint density at radius 2 is 1.79 bits per heavy atom. The molecule has 2 aliphatic rings. The van der Waals surface area contributed by atoms with E-state index in [1.807, 2.05) is 41.4 Å². The molecule has 0 radical (unpaired) electrons. The first-order chi connectivity index (χ1) is 19.1. The summed E-state index contributed by atoms with van der Waals surface area (Å²) in [6.45, 7) is 3.09. The lowest BCUT2D eigenvalue weighted by molar-refractivity contribution is 0.194. The summed E-state index contributed by atoms with van der Waals surface area (Å²) in [5.74, 6) is 2.04. The Labute approximate surface area is 232 Å². The molecule has 0 spiro atoms. The van der Waals surface area contributed by atoms with Crippen LogP contribution in [0.1, 0.15) is 53.1 Å². The van der Waals surface area contributed by atoms with Crippen molar-refractivity contribution in [3.05, 3.63) is 88.1 Å². The van der Waals surface area contributed by atoms with Gasteiger partial charge in [-0.2, -0.15) is 0 Å². The fraction of sp³-hybridized carbons (Fsp3) is 0.323. The number of fused-ring (bicyclic) bond motifs is 5. The molecule has 1 N–H and O–H groups in total. The number of thiophene rings is 1. The third kappa shape index (κ3) is 4.63. The summed E-state index contributed by atoms with van der Waals surface area (Å²) >= 11 is 1.88. The number of methoxy groups -OCH3 is 2. The van der Waals surface area contributed by atoms with Gasteiger partial charge < -0.3 is 29.0 Å². The molecule has 0 fully saturated rings. The molecule has 8 heteroatoms. The van der Waals surface area contributed by atoms with E-state index in [0.717, 1.165) is 29.8 Å². The summed E-state index contributed by atoms with van der Waals surface area (Å²) in [6, 6.07) is 17.2. The van der Waals surface area contributed by atoms with Gasteiger partial charge in [0.15, 0.2) is 0 Å². The number of carbonyl (C=O) groups excluding carboxylic acids is 1. The van der Waals surface area contributed by atoms with Crippen molar-refractivity contribution >= 4 is 23.1 Å². The average Bonchev–Trinajstić information content (AvgIpc) is 3.55. The van der Waals surface area contributed by atoms with Crippen LogP contribution in [0.5, 0.6) is 17.2 Å². The molecule has 0 saturated heterocycles. The van der Waals surface area contributed by atoms with Crippen LogP contribution in [0.15, 0.2) is 60.8 Å². The quantitative estimate of drug-likeness (QED) is 0.285. The number of aryl methyl sites for hydroxylation is 1. The number of urea groups is 1. The van der Waals surface area contributed by atoms with E-state index >= 15 is 0 Å². The third-order valence-electron chi connectivity index (χ3n) is 7.59. The Morgan fingerprint density at radius 1 is 1.00 bits per heavy atom. The van der Waals surface area contributed by atoms with Gasteiger partial charge in [-0.15, -0.1) is 11.3 Å². The molecule has 4 aromatic rings. The molecule has 39 heavy (non-hydrogen) atoms. The minimum Gasteiger partial charge on any atom is -0.497 e. The Morgan fingerprint density at radius 3 is 2.56 bits per heavy atom. The fourth-order valence-electron chi connectivity index (χ4n) is 5.75. The topological polar surface area (TPSA) is 65.0 Å². The van der Waals surface area contributed by atoms with Gasteiger partial charge in [0, 0.05) is 22.7 Å². The molecule has 6 rings (SSSR count). The second-order valence-corrected chi connectivity index (χ2v) is 10.9. The van der Waals surface area contributed by atoms with Gasteiger partial charge in [-0.1, -0.05) is 12.1 Å². The molecular formula is C31H33N3O4S. The van der Waals surface area contributed by atoms with E-state index in [1.165, 1.54) is 33.8 Å². The number of benzene rings is 2. The van der Waals surface area contributed by atoms with E-state index < -0.39 is 0 Å². The fourth-order valence-corrected chi connectivity index (χ4v) is 7.15. The molecule has 202 valence electrons. The van der Waals surface area contributed by atoms with Crippen molar-refractivity contribution in [3.63, 3.8) is 0 Å². The summed E-state index contributed by atoms with van der Waals surface area (Å²) in [6.07, 6.45) is 6.71. The van der Waals surface area contributed by atoms with Gasteiger partial charge in [-0.05, 0) is 80.1 Å².